The van der Waals surface area contributed by atoms with Crippen molar-refractivity contribution in [1.29, 1.82) is 0 Å². The monoisotopic (exact) mass is 226 g/mol. The average molecular weight is 226 g/mol. The summed E-state index contributed by atoms with van der Waals surface area (Å²) in [6.45, 7) is 3.83. The van der Waals surface area contributed by atoms with E-state index in [9.17, 15) is 4.79 Å². The highest BCUT2D eigenvalue weighted by atomic mass is 16.1. The molecule has 0 aliphatic heterocycles. The van der Waals surface area contributed by atoms with Gasteiger partial charge in [0.1, 0.15) is 0 Å². The van der Waals surface area contributed by atoms with Crippen molar-refractivity contribution < 1.29 is 4.79 Å². The van der Waals surface area contributed by atoms with Gasteiger partial charge >= 0.3 is 0 Å². The summed E-state index contributed by atoms with van der Waals surface area (Å²) in [7, 11) is 0. The van der Waals surface area contributed by atoms with Gasteiger partial charge in [-0.3, -0.25) is 4.79 Å². The second kappa shape index (κ2) is 7.66. The Morgan fingerprint density at radius 1 is 1.38 bits per heavy atom. The van der Waals surface area contributed by atoms with Gasteiger partial charge < -0.3 is 11.1 Å². The highest BCUT2D eigenvalue weighted by Gasteiger charge is 2.21. The molecule has 0 aromatic carbocycles. The first-order valence-corrected chi connectivity index (χ1v) is 6.73. The number of nitrogens with one attached hydrogen (secondary N) is 1. The van der Waals surface area contributed by atoms with Gasteiger partial charge in [0.15, 0.2) is 0 Å². The van der Waals surface area contributed by atoms with Crippen LogP contribution in [0.1, 0.15) is 51.9 Å². The van der Waals surface area contributed by atoms with E-state index >= 15 is 0 Å². The van der Waals surface area contributed by atoms with Gasteiger partial charge in [-0.15, -0.1) is 0 Å². The van der Waals surface area contributed by atoms with Crippen LogP contribution >= 0.6 is 0 Å². The van der Waals surface area contributed by atoms with Crippen LogP contribution in [0, 0.1) is 11.8 Å². The van der Waals surface area contributed by atoms with E-state index < -0.39 is 0 Å². The van der Waals surface area contributed by atoms with Crippen LogP contribution < -0.4 is 11.1 Å². The number of rotatable bonds is 9. The normalized spacial score (nSPS) is 17.1. The molecule has 3 N–H and O–H groups in total. The maximum absolute atomic E-state index is 11.5. The third-order valence-electron chi connectivity index (χ3n) is 3.34. The molecule has 1 amide bonds. The van der Waals surface area contributed by atoms with Crippen LogP contribution in [-0.2, 0) is 4.79 Å². The van der Waals surface area contributed by atoms with E-state index in [-0.39, 0.29) is 5.91 Å². The minimum Gasteiger partial charge on any atom is -0.356 e. The number of carbonyl (C=O) groups excluding carboxylic acids is 1. The summed E-state index contributed by atoms with van der Waals surface area (Å²) < 4.78 is 0. The predicted molar refractivity (Wildman–Crippen MR) is 67.0 cm³/mol. The molecular weight excluding hydrogens is 200 g/mol. The quantitative estimate of drug-likeness (QED) is 0.632. The Balaban J connectivity index is 2.06. The third-order valence-corrected chi connectivity index (χ3v) is 3.34. The molecule has 16 heavy (non-hydrogen) atoms. The predicted octanol–water partition coefficient (Wildman–Crippen LogP) is 2.06. The minimum absolute atomic E-state index is 0.227. The second-order valence-corrected chi connectivity index (χ2v) is 5.02. The Labute approximate surface area is 99.2 Å². The molecule has 1 aliphatic rings. The summed E-state index contributed by atoms with van der Waals surface area (Å²) >= 11 is 0. The van der Waals surface area contributed by atoms with Crippen LogP contribution in [0.3, 0.4) is 0 Å². The van der Waals surface area contributed by atoms with Crippen molar-refractivity contribution in [2.75, 3.05) is 13.1 Å². The Morgan fingerprint density at radius 2 is 2.12 bits per heavy atom. The van der Waals surface area contributed by atoms with Gasteiger partial charge in [-0.1, -0.05) is 19.8 Å². The fraction of sp³-hybridized carbons (Fsp3) is 0.923. The molecule has 1 saturated carbocycles. The van der Waals surface area contributed by atoms with Gasteiger partial charge in [0.25, 0.3) is 0 Å². The highest BCUT2D eigenvalue weighted by Crippen LogP contribution is 2.27. The van der Waals surface area contributed by atoms with E-state index in [2.05, 4.69) is 12.2 Å². The van der Waals surface area contributed by atoms with Gasteiger partial charge in [0, 0.05) is 13.0 Å². The Bertz CT molecular complexity index is 196. The highest BCUT2D eigenvalue weighted by molar-refractivity contribution is 5.75. The van der Waals surface area contributed by atoms with Crippen LogP contribution in [0.15, 0.2) is 0 Å². The first kappa shape index (κ1) is 13.5. The Hall–Kier alpha value is -0.570. The Kier molecular flexibility index (Phi) is 6.46. The van der Waals surface area contributed by atoms with Gasteiger partial charge in [0.2, 0.25) is 5.91 Å². The number of hydrogen-bond acceptors (Lipinski definition) is 2. The zero-order valence-electron chi connectivity index (χ0n) is 10.5. The SMILES string of the molecule is CCCC(CCN)CCC(=O)NCC1CC1. The van der Waals surface area contributed by atoms with Crippen LogP contribution in [0.25, 0.3) is 0 Å². The minimum atomic E-state index is 0.227. The van der Waals surface area contributed by atoms with Crippen molar-refractivity contribution in [2.45, 2.75) is 51.9 Å². The molecule has 1 atom stereocenters. The molecular formula is C13H26N2O. The van der Waals surface area contributed by atoms with E-state index in [1.807, 2.05) is 0 Å². The molecule has 94 valence electrons. The largest absolute Gasteiger partial charge is 0.356 e. The summed E-state index contributed by atoms with van der Waals surface area (Å²) in [4.78, 5) is 11.5. The van der Waals surface area contributed by atoms with Crippen LogP contribution in [0.2, 0.25) is 0 Å². The summed E-state index contributed by atoms with van der Waals surface area (Å²) in [5.74, 6) is 1.64. The molecule has 0 aromatic rings. The summed E-state index contributed by atoms with van der Waals surface area (Å²) in [5.41, 5.74) is 5.57. The van der Waals surface area contributed by atoms with Gasteiger partial charge in [0.05, 0.1) is 0 Å². The maximum Gasteiger partial charge on any atom is 0.220 e. The number of hydrogen-bond donors (Lipinski definition) is 2. The molecule has 0 heterocycles. The zero-order chi connectivity index (χ0) is 11.8. The standard InChI is InChI=1S/C13H26N2O/c1-2-3-11(8-9-14)6-7-13(16)15-10-12-4-5-12/h11-12H,2-10,14H2,1H3,(H,15,16). The van der Waals surface area contributed by atoms with Crippen molar-refractivity contribution in [1.82, 2.24) is 5.32 Å². The lowest BCUT2D eigenvalue weighted by molar-refractivity contribution is -0.121. The van der Waals surface area contributed by atoms with Gasteiger partial charge in [-0.05, 0) is 44.1 Å². The number of nitrogens with two attached hydrogens (primary N) is 1. The van der Waals surface area contributed by atoms with Crippen LogP contribution in [0.4, 0.5) is 0 Å². The van der Waals surface area contributed by atoms with Crippen LogP contribution in [-0.4, -0.2) is 19.0 Å². The molecule has 0 bridgehead atoms. The second-order valence-electron chi connectivity index (χ2n) is 5.02. The molecule has 0 spiro atoms. The van der Waals surface area contributed by atoms with Crippen molar-refractivity contribution >= 4 is 5.91 Å². The van der Waals surface area contributed by atoms with Crippen LogP contribution in [0.5, 0.6) is 0 Å². The molecule has 1 rings (SSSR count). The first-order chi connectivity index (χ1) is 7.76. The first-order valence-electron chi connectivity index (χ1n) is 6.73. The lowest BCUT2D eigenvalue weighted by Crippen LogP contribution is -2.26. The van der Waals surface area contributed by atoms with Crippen molar-refractivity contribution in [3.05, 3.63) is 0 Å². The van der Waals surface area contributed by atoms with E-state index in [4.69, 9.17) is 5.73 Å². The molecule has 0 radical (unpaired) electrons. The molecule has 3 heteroatoms. The summed E-state index contributed by atoms with van der Waals surface area (Å²) in [6.07, 6.45) is 7.72. The number of amides is 1. The number of carbonyl (C=O) groups is 1. The fourth-order valence-corrected chi connectivity index (χ4v) is 2.08. The molecule has 1 fully saturated rings. The van der Waals surface area contributed by atoms with Crippen molar-refractivity contribution in [3.8, 4) is 0 Å². The van der Waals surface area contributed by atoms with Crippen molar-refractivity contribution in [3.63, 3.8) is 0 Å². The van der Waals surface area contributed by atoms with Gasteiger partial charge in [-0.25, -0.2) is 0 Å². The summed E-state index contributed by atoms with van der Waals surface area (Å²) in [5, 5.41) is 3.01. The molecule has 3 nitrogen and oxygen atoms in total. The lowest BCUT2D eigenvalue weighted by atomic mass is 9.94. The lowest BCUT2D eigenvalue weighted by Gasteiger charge is -2.14. The van der Waals surface area contributed by atoms with E-state index in [0.717, 1.165) is 31.8 Å². The topological polar surface area (TPSA) is 55.1 Å². The van der Waals surface area contributed by atoms with Crippen molar-refractivity contribution in [2.24, 2.45) is 17.6 Å². The molecule has 0 saturated heterocycles. The molecule has 1 unspecified atom stereocenters. The molecule has 0 aromatic heterocycles. The Morgan fingerprint density at radius 3 is 2.69 bits per heavy atom. The summed E-state index contributed by atoms with van der Waals surface area (Å²) in [6, 6.07) is 0. The van der Waals surface area contributed by atoms with Gasteiger partial charge in [-0.2, -0.15) is 0 Å². The van der Waals surface area contributed by atoms with E-state index in [1.54, 1.807) is 0 Å². The zero-order valence-corrected chi connectivity index (χ0v) is 10.5. The molecule has 1 aliphatic carbocycles. The maximum atomic E-state index is 11.5. The van der Waals surface area contributed by atoms with E-state index in [1.165, 1.54) is 25.7 Å². The average Bonchev–Trinajstić information content (AvgIpc) is 3.07. The smallest absolute Gasteiger partial charge is 0.220 e. The fourth-order valence-electron chi connectivity index (χ4n) is 2.08. The van der Waals surface area contributed by atoms with E-state index in [0.29, 0.717) is 12.3 Å². The third kappa shape index (κ3) is 6.11.